The second-order valence-electron chi connectivity index (χ2n) is 6.19. The number of esters is 1. The van der Waals surface area contributed by atoms with Gasteiger partial charge in [-0.25, -0.2) is 14.8 Å². The molecule has 2 aromatic rings. The van der Waals surface area contributed by atoms with Crippen molar-refractivity contribution < 1.29 is 19.2 Å². The Morgan fingerprint density at radius 2 is 2.15 bits per heavy atom. The number of amides is 2. The number of hydrogen-bond acceptors (Lipinski definition) is 6. The number of hydroxylamine groups is 2. The number of rotatable bonds is 7. The molecule has 27 heavy (non-hydrogen) atoms. The summed E-state index contributed by atoms with van der Waals surface area (Å²) in [5.74, 6) is -0.388. The van der Waals surface area contributed by atoms with Gasteiger partial charge in [-0.2, -0.15) is 0 Å². The van der Waals surface area contributed by atoms with E-state index < -0.39 is 6.10 Å². The minimum atomic E-state index is -0.567. The third kappa shape index (κ3) is 4.64. The van der Waals surface area contributed by atoms with E-state index in [1.807, 2.05) is 42.6 Å². The molecule has 1 aromatic heterocycles. The molecular formula is C19H23N3O4S. The Hall–Kier alpha value is -2.45. The van der Waals surface area contributed by atoms with Gasteiger partial charge in [-0.1, -0.05) is 30.3 Å². The molecule has 0 radical (unpaired) electrons. The van der Waals surface area contributed by atoms with E-state index in [1.165, 1.54) is 23.3 Å². The maximum absolute atomic E-state index is 12.9. The van der Waals surface area contributed by atoms with Crippen molar-refractivity contribution in [3.05, 3.63) is 52.5 Å². The lowest BCUT2D eigenvalue weighted by Crippen LogP contribution is -2.56. The van der Waals surface area contributed by atoms with Crippen LogP contribution < -0.4 is 0 Å². The SMILES string of the molecule is CCN1C(=O)N(OCc2ccccc2)CC[C@H]1C(OC(C)=O)c1nccs1. The number of benzene rings is 1. The number of hydrogen-bond donors (Lipinski definition) is 0. The van der Waals surface area contributed by atoms with Crippen molar-refractivity contribution in [2.45, 2.75) is 39.0 Å². The van der Waals surface area contributed by atoms with Gasteiger partial charge in [-0.15, -0.1) is 11.3 Å². The van der Waals surface area contributed by atoms with Crippen LogP contribution in [-0.2, 0) is 21.0 Å². The predicted molar refractivity (Wildman–Crippen MR) is 101 cm³/mol. The van der Waals surface area contributed by atoms with E-state index in [9.17, 15) is 9.59 Å². The molecule has 0 bridgehead atoms. The van der Waals surface area contributed by atoms with Crippen molar-refractivity contribution in [2.24, 2.45) is 0 Å². The zero-order valence-corrected chi connectivity index (χ0v) is 16.2. The smallest absolute Gasteiger partial charge is 0.344 e. The normalized spacial score (nSPS) is 18.4. The van der Waals surface area contributed by atoms with Gasteiger partial charge in [0, 0.05) is 25.0 Å². The van der Waals surface area contributed by atoms with Crippen LogP contribution in [0, 0.1) is 0 Å². The van der Waals surface area contributed by atoms with Gasteiger partial charge in [0.05, 0.1) is 12.6 Å². The minimum Gasteiger partial charge on any atom is -0.453 e. The molecule has 8 heteroatoms. The summed E-state index contributed by atoms with van der Waals surface area (Å²) in [6.07, 6.45) is 1.72. The highest BCUT2D eigenvalue weighted by Crippen LogP contribution is 2.32. The Labute approximate surface area is 162 Å². The Morgan fingerprint density at radius 3 is 2.78 bits per heavy atom. The highest BCUT2D eigenvalue weighted by atomic mass is 32.1. The van der Waals surface area contributed by atoms with E-state index in [4.69, 9.17) is 9.57 Å². The van der Waals surface area contributed by atoms with E-state index in [0.29, 0.717) is 31.1 Å². The Morgan fingerprint density at radius 1 is 1.37 bits per heavy atom. The van der Waals surface area contributed by atoms with Crippen LogP contribution in [0.2, 0.25) is 0 Å². The highest BCUT2D eigenvalue weighted by molar-refractivity contribution is 7.09. The molecule has 1 aliphatic rings. The van der Waals surface area contributed by atoms with Crippen molar-refractivity contribution >= 4 is 23.3 Å². The van der Waals surface area contributed by atoms with Crippen LogP contribution in [0.3, 0.4) is 0 Å². The van der Waals surface area contributed by atoms with Crippen molar-refractivity contribution in [1.29, 1.82) is 0 Å². The summed E-state index contributed by atoms with van der Waals surface area (Å²) in [6, 6.07) is 9.22. The van der Waals surface area contributed by atoms with Gasteiger partial charge >= 0.3 is 12.0 Å². The summed E-state index contributed by atoms with van der Waals surface area (Å²) >= 11 is 1.42. The summed E-state index contributed by atoms with van der Waals surface area (Å²) < 4.78 is 5.53. The number of carbonyl (C=O) groups excluding carboxylic acids is 2. The number of thiazole rings is 1. The van der Waals surface area contributed by atoms with Crippen molar-refractivity contribution in [1.82, 2.24) is 14.9 Å². The first-order valence-corrected chi connectivity index (χ1v) is 9.79. The number of carbonyl (C=O) groups is 2. The number of aromatic nitrogens is 1. The van der Waals surface area contributed by atoms with E-state index in [-0.39, 0.29) is 18.0 Å². The molecule has 7 nitrogen and oxygen atoms in total. The standard InChI is InChI=1S/C19H23N3O4S/c1-3-21-16(17(26-14(2)23)18-20-10-12-27-18)9-11-22(19(21)24)25-13-15-7-5-4-6-8-15/h4-8,10,12,16-17H,3,9,11,13H2,1-2H3/t16-,17?/m0/s1. The molecule has 0 spiro atoms. The predicted octanol–water partition coefficient (Wildman–Crippen LogP) is 3.40. The third-order valence-electron chi connectivity index (χ3n) is 4.40. The average molecular weight is 389 g/mol. The van der Waals surface area contributed by atoms with Gasteiger partial charge in [-0.3, -0.25) is 9.63 Å². The van der Waals surface area contributed by atoms with Gasteiger partial charge in [-0.05, 0) is 18.9 Å². The van der Waals surface area contributed by atoms with Crippen molar-refractivity contribution in [3.8, 4) is 0 Å². The quantitative estimate of drug-likeness (QED) is 0.679. The summed E-state index contributed by atoms with van der Waals surface area (Å²) in [5.41, 5.74) is 0.996. The lowest BCUT2D eigenvalue weighted by atomic mass is 10.0. The molecule has 0 N–H and O–H groups in total. The van der Waals surface area contributed by atoms with Gasteiger partial charge < -0.3 is 9.64 Å². The van der Waals surface area contributed by atoms with Gasteiger partial charge in [0.15, 0.2) is 6.10 Å². The highest BCUT2D eigenvalue weighted by Gasteiger charge is 2.40. The first kappa shape index (κ1) is 19.3. The molecule has 1 unspecified atom stereocenters. The van der Waals surface area contributed by atoms with Crippen LogP contribution in [-0.4, -0.2) is 46.1 Å². The summed E-state index contributed by atoms with van der Waals surface area (Å²) in [7, 11) is 0. The first-order valence-electron chi connectivity index (χ1n) is 8.91. The lowest BCUT2D eigenvalue weighted by molar-refractivity contribution is -0.167. The van der Waals surface area contributed by atoms with Crippen LogP contribution in [0.1, 0.15) is 36.9 Å². The number of ether oxygens (including phenoxy) is 1. The Balaban J connectivity index is 1.71. The van der Waals surface area contributed by atoms with Crippen molar-refractivity contribution in [3.63, 3.8) is 0 Å². The van der Waals surface area contributed by atoms with Crippen LogP contribution in [0.15, 0.2) is 41.9 Å². The Bertz CT molecular complexity index is 754. The molecule has 2 amide bonds. The zero-order chi connectivity index (χ0) is 19.2. The maximum atomic E-state index is 12.9. The molecule has 144 valence electrons. The van der Waals surface area contributed by atoms with Gasteiger partial charge in [0.2, 0.25) is 0 Å². The molecule has 1 saturated heterocycles. The molecule has 0 saturated carbocycles. The average Bonchev–Trinajstić information content (AvgIpc) is 3.20. The minimum absolute atomic E-state index is 0.224. The van der Waals surface area contributed by atoms with E-state index in [0.717, 1.165) is 5.56 Å². The largest absolute Gasteiger partial charge is 0.453 e. The molecule has 1 aromatic carbocycles. The molecular weight excluding hydrogens is 366 g/mol. The molecule has 2 heterocycles. The summed E-state index contributed by atoms with van der Waals surface area (Å²) in [6.45, 7) is 4.51. The molecule has 2 atom stereocenters. The Kier molecular flexibility index (Phi) is 6.41. The second-order valence-corrected chi connectivity index (χ2v) is 7.11. The van der Waals surface area contributed by atoms with E-state index >= 15 is 0 Å². The first-order chi connectivity index (χ1) is 13.1. The summed E-state index contributed by atoms with van der Waals surface area (Å²) in [4.78, 5) is 36.2. The van der Waals surface area contributed by atoms with Gasteiger partial charge in [0.25, 0.3) is 0 Å². The second kappa shape index (κ2) is 8.96. The zero-order valence-electron chi connectivity index (χ0n) is 15.4. The van der Waals surface area contributed by atoms with Crippen molar-refractivity contribution in [2.75, 3.05) is 13.1 Å². The maximum Gasteiger partial charge on any atom is 0.344 e. The fourth-order valence-corrected chi connectivity index (χ4v) is 3.89. The fraction of sp³-hybridized carbons (Fsp3) is 0.421. The summed E-state index contributed by atoms with van der Waals surface area (Å²) in [5, 5.41) is 3.92. The van der Waals surface area contributed by atoms with E-state index in [2.05, 4.69) is 4.98 Å². The van der Waals surface area contributed by atoms with Crippen LogP contribution >= 0.6 is 11.3 Å². The molecule has 1 aliphatic heterocycles. The molecule has 3 rings (SSSR count). The number of likely N-dealkylation sites (N-methyl/N-ethyl adjacent to an activating group) is 1. The molecule has 1 fully saturated rings. The van der Waals surface area contributed by atoms with Crippen LogP contribution in [0.4, 0.5) is 4.79 Å². The van der Waals surface area contributed by atoms with Crippen LogP contribution in [0.5, 0.6) is 0 Å². The third-order valence-corrected chi connectivity index (χ3v) is 5.23. The number of nitrogens with zero attached hydrogens (tertiary/aromatic N) is 3. The van der Waals surface area contributed by atoms with E-state index in [1.54, 1.807) is 11.1 Å². The fourth-order valence-electron chi connectivity index (χ4n) is 3.16. The van der Waals surface area contributed by atoms with Crippen LogP contribution in [0.25, 0.3) is 0 Å². The topological polar surface area (TPSA) is 72.0 Å². The monoisotopic (exact) mass is 389 g/mol. The van der Waals surface area contributed by atoms with Gasteiger partial charge in [0.1, 0.15) is 11.6 Å². The number of urea groups is 1. The molecule has 0 aliphatic carbocycles. The lowest BCUT2D eigenvalue weighted by Gasteiger charge is -2.42.